The second kappa shape index (κ2) is 7.28. The molecule has 0 saturated heterocycles. The van der Waals surface area contributed by atoms with E-state index in [1.54, 1.807) is 0 Å². The summed E-state index contributed by atoms with van der Waals surface area (Å²) in [6.45, 7) is 3.19. The van der Waals surface area contributed by atoms with Crippen LogP contribution < -0.4 is 11.1 Å². The van der Waals surface area contributed by atoms with Gasteiger partial charge in [-0.25, -0.2) is 0 Å². The standard InChI is InChI=1S/C16H30N2O/c1-12-7-5-6-8-13(12)11-18-16(19)14-9-3-2-4-10-15(14)17/h12-15H,2-11,17H2,1H3,(H,18,19). The summed E-state index contributed by atoms with van der Waals surface area (Å²) >= 11 is 0. The Morgan fingerprint density at radius 2 is 1.74 bits per heavy atom. The van der Waals surface area contributed by atoms with Crippen LogP contribution in [0.15, 0.2) is 0 Å². The highest BCUT2D eigenvalue weighted by atomic mass is 16.1. The number of carbonyl (C=O) groups excluding carboxylic acids is 1. The van der Waals surface area contributed by atoms with Crippen molar-refractivity contribution in [3.63, 3.8) is 0 Å². The van der Waals surface area contributed by atoms with E-state index in [0.29, 0.717) is 5.92 Å². The quantitative estimate of drug-likeness (QED) is 0.772. The van der Waals surface area contributed by atoms with Crippen LogP contribution in [0.25, 0.3) is 0 Å². The van der Waals surface area contributed by atoms with Gasteiger partial charge in [0.2, 0.25) is 5.91 Å². The topological polar surface area (TPSA) is 55.1 Å². The molecule has 0 heterocycles. The van der Waals surface area contributed by atoms with Crippen LogP contribution in [0.5, 0.6) is 0 Å². The minimum absolute atomic E-state index is 0.0568. The van der Waals surface area contributed by atoms with E-state index < -0.39 is 0 Å². The Bertz CT molecular complexity index is 292. The van der Waals surface area contributed by atoms with Crippen molar-refractivity contribution in [1.82, 2.24) is 5.32 Å². The van der Waals surface area contributed by atoms with Gasteiger partial charge in [0.1, 0.15) is 0 Å². The summed E-state index contributed by atoms with van der Waals surface area (Å²) in [7, 11) is 0. The third-order valence-corrected chi connectivity index (χ3v) is 5.23. The van der Waals surface area contributed by atoms with Crippen LogP contribution in [0.1, 0.15) is 64.7 Å². The van der Waals surface area contributed by atoms with Gasteiger partial charge >= 0.3 is 0 Å². The molecule has 3 N–H and O–H groups in total. The zero-order chi connectivity index (χ0) is 13.7. The lowest BCUT2D eigenvalue weighted by Gasteiger charge is -2.30. The maximum absolute atomic E-state index is 12.3. The maximum Gasteiger partial charge on any atom is 0.224 e. The van der Waals surface area contributed by atoms with E-state index in [4.69, 9.17) is 5.73 Å². The van der Waals surface area contributed by atoms with Crippen molar-refractivity contribution in [2.24, 2.45) is 23.5 Å². The zero-order valence-electron chi connectivity index (χ0n) is 12.4. The molecular weight excluding hydrogens is 236 g/mol. The van der Waals surface area contributed by atoms with Gasteiger partial charge in [-0.1, -0.05) is 45.4 Å². The summed E-state index contributed by atoms with van der Waals surface area (Å²) in [5.74, 6) is 1.71. The molecule has 0 bridgehead atoms. The summed E-state index contributed by atoms with van der Waals surface area (Å²) in [6, 6.07) is 0.0753. The fourth-order valence-corrected chi connectivity index (χ4v) is 3.72. The first-order valence-electron chi connectivity index (χ1n) is 8.21. The molecule has 0 aromatic carbocycles. The van der Waals surface area contributed by atoms with Crippen molar-refractivity contribution >= 4 is 5.91 Å². The first-order chi connectivity index (χ1) is 9.18. The van der Waals surface area contributed by atoms with E-state index in [1.165, 1.54) is 38.5 Å². The Balaban J connectivity index is 1.79. The Kier molecular flexibility index (Phi) is 5.68. The number of hydrogen-bond acceptors (Lipinski definition) is 2. The van der Waals surface area contributed by atoms with Crippen LogP contribution in [-0.2, 0) is 4.79 Å². The van der Waals surface area contributed by atoms with Crippen LogP contribution in [0.3, 0.4) is 0 Å². The molecule has 2 rings (SSSR count). The molecule has 4 atom stereocenters. The van der Waals surface area contributed by atoms with Crippen molar-refractivity contribution < 1.29 is 4.79 Å². The lowest BCUT2D eigenvalue weighted by Crippen LogP contribution is -2.43. The fraction of sp³-hybridized carbons (Fsp3) is 0.938. The van der Waals surface area contributed by atoms with E-state index in [2.05, 4.69) is 12.2 Å². The predicted molar refractivity (Wildman–Crippen MR) is 78.7 cm³/mol. The molecule has 2 aliphatic carbocycles. The average Bonchev–Trinajstić information content (AvgIpc) is 2.62. The predicted octanol–water partition coefficient (Wildman–Crippen LogP) is 2.84. The van der Waals surface area contributed by atoms with Crippen molar-refractivity contribution in [1.29, 1.82) is 0 Å². The molecule has 0 spiro atoms. The Hall–Kier alpha value is -0.570. The summed E-state index contributed by atoms with van der Waals surface area (Å²) in [4.78, 5) is 12.3. The number of hydrogen-bond donors (Lipinski definition) is 2. The Labute approximate surface area is 117 Å². The molecule has 0 aromatic heterocycles. The van der Waals surface area contributed by atoms with Crippen LogP contribution >= 0.6 is 0 Å². The van der Waals surface area contributed by atoms with E-state index in [1.807, 2.05) is 0 Å². The van der Waals surface area contributed by atoms with Gasteiger partial charge in [-0.3, -0.25) is 4.79 Å². The average molecular weight is 266 g/mol. The second-order valence-corrected chi connectivity index (χ2v) is 6.68. The summed E-state index contributed by atoms with van der Waals surface area (Å²) in [6.07, 6.45) is 10.9. The highest BCUT2D eigenvalue weighted by Gasteiger charge is 2.28. The molecule has 3 heteroatoms. The first kappa shape index (κ1) is 14.8. The van der Waals surface area contributed by atoms with Gasteiger partial charge in [-0.15, -0.1) is 0 Å². The highest BCUT2D eigenvalue weighted by molar-refractivity contribution is 5.79. The summed E-state index contributed by atoms with van der Waals surface area (Å²) in [5.41, 5.74) is 6.16. The van der Waals surface area contributed by atoms with Crippen LogP contribution in [0.2, 0.25) is 0 Å². The number of nitrogens with two attached hydrogens (primary N) is 1. The van der Waals surface area contributed by atoms with Crippen LogP contribution in [0, 0.1) is 17.8 Å². The monoisotopic (exact) mass is 266 g/mol. The van der Waals surface area contributed by atoms with Crippen molar-refractivity contribution in [2.45, 2.75) is 70.8 Å². The fourth-order valence-electron chi connectivity index (χ4n) is 3.72. The molecule has 1 amide bonds. The molecule has 0 aromatic rings. The summed E-state index contributed by atoms with van der Waals surface area (Å²) in [5, 5.41) is 3.19. The molecule has 4 unspecified atom stereocenters. The van der Waals surface area contributed by atoms with Crippen molar-refractivity contribution in [3.05, 3.63) is 0 Å². The molecule has 2 saturated carbocycles. The largest absolute Gasteiger partial charge is 0.356 e. The zero-order valence-corrected chi connectivity index (χ0v) is 12.4. The minimum atomic E-state index is 0.0568. The normalized spacial score (nSPS) is 36.5. The minimum Gasteiger partial charge on any atom is -0.356 e. The molecule has 2 fully saturated rings. The van der Waals surface area contributed by atoms with E-state index in [-0.39, 0.29) is 17.9 Å². The second-order valence-electron chi connectivity index (χ2n) is 6.68. The molecule has 0 radical (unpaired) electrons. The first-order valence-corrected chi connectivity index (χ1v) is 8.21. The lowest BCUT2D eigenvalue weighted by atomic mass is 9.80. The van der Waals surface area contributed by atoms with Gasteiger partial charge in [-0.2, -0.15) is 0 Å². The van der Waals surface area contributed by atoms with Crippen molar-refractivity contribution in [3.8, 4) is 0 Å². The SMILES string of the molecule is CC1CCCCC1CNC(=O)C1CCCCCC1N. The lowest BCUT2D eigenvalue weighted by molar-refractivity contribution is -0.126. The Morgan fingerprint density at radius 3 is 2.53 bits per heavy atom. The molecule has 2 aliphatic rings. The smallest absolute Gasteiger partial charge is 0.224 e. The van der Waals surface area contributed by atoms with Gasteiger partial charge in [0.25, 0.3) is 0 Å². The molecule has 110 valence electrons. The molecular formula is C16H30N2O. The maximum atomic E-state index is 12.3. The van der Waals surface area contributed by atoms with Gasteiger partial charge in [0.05, 0.1) is 5.92 Å². The van der Waals surface area contributed by atoms with Gasteiger partial charge in [0, 0.05) is 12.6 Å². The van der Waals surface area contributed by atoms with Gasteiger partial charge in [-0.05, 0) is 31.1 Å². The van der Waals surface area contributed by atoms with E-state index in [9.17, 15) is 4.79 Å². The van der Waals surface area contributed by atoms with Gasteiger partial charge < -0.3 is 11.1 Å². The Morgan fingerprint density at radius 1 is 1.05 bits per heavy atom. The molecule has 3 nitrogen and oxygen atoms in total. The van der Waals surface area contributed by atoms with Gasteiger partial charge in [0.15, 0.2) is 0 Å². The van der Waals surface area contributed by atoms with Crippen LogP contribution in [0.4, 0.5) is 0 Å². The number of nitrogens with one attached hydrogen (secondary N) is 1. The summed E-state index contributed by atoms with van der Waals surface area (Å²) < 4.78 is 0. The highest BCUT2D eigenvalue weighted by Crippen LogP contribution is 2.29. The van der Waals surface area contributed by atoms with E-state index >= 15 is 0 Å². The number of rotatable bonds is 3. The molecule has 19 heavy (non-hydrogen) atoms. The van der Waals surface area contributed by atoms with Crippen LogP contribution in [-0.4, -0.2) is 18.5 Å². The number of amides is 1. The third-order valence-electron chi connectivity index (χ3n) is 5.23. The van der Waals surface area contributed by atoms with Crippen molar-refractivity contribution in [2.75, 3.05) is 6.54 Å². The van der Waals surface area contributed by atoms with E-state index in [0.717, 1.165) is 31.7 Å². The number of carbonyl (C=O) groups is 1. The molecule has 0 aliphatic heterocycles. The third kappa shape index (κ3) is 4.20.